The van der Waals surface area contributed by atoms with Crippen LogP contribution in [0.5, 0.6) is 0 Å². The van der Waals surface area contributed by atoms with E-state index in [9.17, 15) is 0 Å². The van der Waals surface area contributed by atoms with Crippen LogP contribution in [0.4, 0.5) is 0 Å². The van der Waals surface area contributed by atoms with Crippen LogP contribution in [0, 0.1) is 6.92 Å². The zero-order valence-electron chi connectivity index (χ0n) is 9.97. The Morgan fingerprint density at radius 2 is 2.06 bits per heavy atom. The summed E-state index contributed by atoms with van der Waals surface area (Å²) >= 11 is 6.14. The summed E-state index contributed by atoms with van der Waals surface area (Å²) in [6.45, 7) is 2.04. The Morgan fingerprint density at radius 1 is 1.22 bits per heavy atom. The van der Waals surface area contributed by atoms with Gasteiger partial charge in [-0.3, -0.25) is 0 Å². The summed E-state index contributed by atoms with van der Waals surface area (Å²) in [6, 6.07) is 11.8. The van der Waals surface area contributed by atoms with Crippen LogP contribution in [-0.4, -0.2) is 14.6 Å². The number of fused-ring (bicyclic) bond motifs is 1. The fourth-order valence-electron chi connectivity index (χ4n) is 1.92. The molecule has 0 spiro atoms. The molecule has 0 unspecified atom stereocenters. The quantitative estimate of drug-likeness (QED) is 0.705. The van der Waals surface area contributed by atoms with Crippen molar-refractivity contribution in [2.75, 3.05) is 0 Å². The molecule has 0 aliphatic carbocycles. The Balaban J connectivity index is 1.98. The summed E-state index contributed by atoms with van der Waals surface area (Å²) in [5, 5.41) is 5.19. The third kappa shape index (κ3) is 2.09. The van der Waals surface area contributed by atoms with Crippen molar-refractivity contribution in [2.45, 2.75) is 13.3 Å². The predicted octanol–water partition coefficient (Wildman–Crippen LogP) is 3.28. The second-order valence-corrected chi connectivity index (χ2v) is 4.71. The van der Waals surface area contributed by atoms with Crippen molar-refractivity contribution >= 4 is 17.2 Å². The van der Waals surface area contributed by atoms with Gasteiger partial charge in [-0.15, -0.1) is 0 Å². The number of aryl methyl sites for hydroxylation is 1. The lowest BCUT2D eigenvalue weighted by Gasteiger charge is -1.99. The average Bonchev–Trinajstić information content (AvgIpc) is 2.73. The first-order valence-electron chi connectivity index (χ1n) is 5.78. The van der Waals surface area contributed by atoms with Gasteiger partial charge in [0.15, 0.2) is 11.5 Å². The molecular weight excluding hydrogens is 246 g/mol. The van der Waals surface area contributed by atoms with Crippen molar-refractivity contribution in [1.82, 2.24) is 14.6 Å². The first kappa shape index (κ1) is 11.2. The van der Waals surface area contributed by atoms with E-state index in [-0.39, 0.29) is 0 Å². The molecule has 2 aromatic heterocycles. The Labute approximate surface area is 110 Å². The van der Waals surface area contributed by atoms with E-state index in [0.717, 1.165) is 22.1 Å². The van der Waals surface area contributed by atoms with Gasteiger partial charge in [0, 0.05) is 17.6 Å². The second kappa shape index (κ2) is 4.42. The normalized spacial score (nSPS) is 11.0. The minimum absolute atomic E-state index is 0.653. The molecule has 0 aliphatic rings. The standard InChI is InChI=1S/C14H12ClN3/c1-10-6-7-18-14(8-10)16-13(17-18)9-11-4-2-3-5-12(11)15/h2-8H,9H2,1H3. The Morgan fingerprint density at radius 3 is 2.89 bits per heavy atom. The van der Waals surface area contributed by atoms with Crippen molar-refractivity contribution in [1.29, 1.82) is 0 Å². The SMILES string of the molecule is Cc1ccn2nc(Cc3ccccc3Cl)nc2c1. The Kier molecular flexibility index (Phi) is 2.76. The molecule has 0 N–H and O–H groups in total. The van der Waals surface area contributed by atoms with Crippen LogP contribution >= 0.6 is 11.6 Å². The maximum Gasteiger partial charge on any atom is 0.156 e. The molecule has 1 aromatic carbocycles. The van der Waals surface area contributed by atoms with Crippen molar-refractivity contribution in [2.24, 2.45) is 0 Å². The van der Waals surface area contributed by atoms with Crippen LogP contribution in [0.3, 0.4) is 0 Å². The highest BCUT2D eigenvalue weighted by Crippen LogP contribution is 2.17. The zero-order chi connectivity index (χ0) is 12.5. The molecule has 2 heterocycles. The van der Waals surface area contributed by atoms with E-state index in [4.69, 9.17) is 11.6 Å². The molecule has 0 fully saturated rings. The number of hydrogen-bond donors (Lipinski definition) is 0. The van der Waals surface area contributed by atoms with Gasteiger partial charge in [-0.1, -0.05) is 29.8 Å². The van der Waals surface area contributed by atoms with Crippen LogP contribution in [0.2, 0.25) is 5.02 Å². The minimum atomic E-state index is 0.653. The lowest BCUT2D eigenvalue weighted by atomic mass is 10.1. The number of benzene rings is 1. The van der Waals surface area contributed by atoms with E-state index in [0.29, 0.717) is 6.42 Å². The summed E-state index contributed by atoms with van der Waals surface area (Å²) in [4.78, 5) is 4.50. The van der Waals surface area contributed by atoms with Crippen molar-refractivity contribution < 1.29 is 0 Å². The number of aromatic nitrogens is 3. The van der Waals surface area contributed by atoms with E-state index in [2.05, 4.69) is 10.1 Å². The molecule has 3 rings (SSSR count). The summed E-state index contributed by atoms with van der Waals surface area (Å²) < 4.78 is 1.79. The maximum absolute atomic E-state index is 6.14. The molecule has 3 nitrogen and oxygen atoms in total. The highest BCUT2D eigenvalue weighted by atomic mass is 35.5. The number of hydrogen-bond acceptors (Lipinski definition) is 2. The third-order valence-electron chi connectivity index (χ3n) is 2.84. The largest absolute Gasteiger partial charge is 0.221 e. The molecule has 0 bridgehead atoms. The van der Waals surface area contributed by atoms with E-state index in [1.165, 1.54) is 5.56 Å². The second-order valence-electron chi connectivity index (χ2n) is 4.30. The van der Waals surface area contributed by atoms with Gasteiger partial charge in [0.2, 0.25) is 0 Å². The van der Waals surface area contributed by atoms with Crippen molar-refractivity contribution in [3.63, 3.8) is 0 Å². The van der Waals surface area contributed by atoms with Gasteiger partial charge in [0.1, 0.15) is 0 Å². The lowest BCUT2D eigenvalue weighted by Crippen LogP contribution is -1.92. The highest BCUT2D eigenvalue weighted by Gasteiger charge is 2.06. The minimum Gasteiger partial charge on any atom is -0.221 e. The fourth-order valence-corrected chi connectivity index (χ4v) is 2.12. The third-order valence-corrected chi connectivity index (χ3v) is 3.21. The van der Waals surface area contributed by atoms with E-state index in [1.807, 2.05) is 49.5 Å². The molecule has 0 atom stereocenters. The number of pyridine rings is 1. The molecule has 0 saturated carbocycles. The van der Waals surface area contributed by atoms with Crippen LogP contribution in [0.25, 0.3) is 5.65 Å². The van der Waals surface area contributed by atoms with Gasteiger partial charge in [0.25, 0.3) is 0 Å². The molecule has 0 aliphatic heterocycles. The fraction of sp³-hybridized carbons (Fsp3) is 0.143. The van der Waals surface area contributed by atoms with E-state index >= 15 is 0 Å². The molecule has 3 aromatic rings. The van der Waals surface area contributed by atoms with Crippen molar-refractivity contribution in [3.05, 3.63) is 64.6 Å². The summed E-state index contributed by atoms with van der Waals surface area (Å²) in [5.74, 6) is 0.786. The molecule has 4 heteroatoms. The van der Waals surface area contributed by atoms with Crippen LogP contribution in [-0.2, 0) is 6.42 Å². The van der Waals surface area contributed by atoms with Crippen LogP contribution < -0.4 is 0 Å². The monoisotopic (exact) mass is 257 g/mol. The molecule has 0 radical (unpaired) electrons. The highest BCUT2D eigenvalue weighted by molar-refractivity contribution is 6.31. The topological polar surface area (TPSA) is 30.2 Å². The van der Waals surface area contributed by atoms with Gasteiger partial charge in [0.05, 0.1) is 0 Å². The van der Waals surface area contributed by atoms with Crippen LogP contribution in [0.15, 0.2) is 42.6 Å². The first-order chi connectivity index (χ1) is 8.72. The molecule has 90 valence electrons. The van der Waals surface area contributed by atoms with Gasteiger partial charge in [-0.05, 0) is 36.2 Å². The van der Waals surface area contributed by atoms with Gasteiger partial charge < -0.3 is 0 Å². The molecule has 18 heavy (non-hydrogen) atoms. The summed E-state index contributed by atoms with van der Waals surface area (Å²) in [7, 11) is 0. The van der Waals surface area contributed by atoms with Crippen molar-refractivity contribution in [3.8, 4) is 0 Å². The van der Waals surface area contributed by atoms with Gasteiger partial charge in [-0.25, -0.2) is 9.50 Å². The average molecular weight is 258 g/mol. The maximum atomic E-state index is 6.14. The predicted molar refractivity (Wildman–Crippen MR) is 72.0 cm³/mol. The smallest absolute Gasteiger partial charge is 0.156 e. The summed E-state index contributed by atoms with van der Waals surface area (Å²) in [5.41, 5.74) is 3.10. The Bertz CT molecular complexity index is 703. The van der Waals surface area contributed by atoms with E-state index < -0.39 is 0 Å². The molecule has 0 saturated heterocycles. The lowest BCUT2D eigenvalue weighted by molar-refractivity contribution is 0.899. The first-order valence-corrected chi connectivity index (χ1v) is 6.15. The number of rotatable bonds is 2. The number of halogens is 1. The van der Waals surface area contributed by atoms with Gasteiger partial charge in [-0.2, -0.15) is 5.10 Å². The Hall–Kier alpha value is -1.87. The zero-order valence-corrected chi connectivity index (χ0v) is 10.7. The number of nitrogens with zero attached hydrogens (tertiary/aromatic N) is 3. The molecule has 0 amide bonds. The van der Waals surface area contributed by atoms with E-state index in [1.54, 1.807) is 4.52 Å². The molecular formula is C14H12ClN3. The van der Waals surface area contributed by atoms with Crippen LogP contribution in [0.1, 0.15) is 17.0 Å². The summed E-state index contributed by atoms with van der Waals surface area (Å²) in [6.07, 6.45) is 2.58. The van der Waals surface area contributed by atoms with Gasteiger partial charge >= 0.3 is 0 Å².